The van der Waals surface area contributed by atoms with Crippen molar-refractivity contribution in [3.63, 3.8) is 0 Å². The number of thiophene rings is 1. The minimum atomic E-state index is -0.141. The van der Waals surface area contributed by atoms with Gasteiger partial charge in [-0.2, -0.15) is 0 Å². The van der Waals surface area contributed by atoms with Gasteiger partial charge in [-0.3, -0.25) is 24.5 Å². The first kappa shape index (κ1) is 21.5. The smallest absolute Gasteiger partial charge is 0.229 e. The lowest BCUT2D eigenvalue weighted by Gasteiger charge is -2.15. The van der Waals surface area contributed by atoms with E-state index in [4.69, 9.17) is 0 Å². The summed E-state index contributed by atoms with van der Waals surface area (Å²) in [4.78, 5) is 46.4. The third kappa shape index (κ3) is 5.34. The molecule has 5 nitrogen and oxygen atoms in total. The highest BCUT2D eigenvalue weighted by molar-refractivity contribution is 7.10. The molecule has 0 aromatic carbocycles. The van der Waals surface area contributed by atoms with Crippen molar-refractivity contribution in [1.82, 2.24) is 5.32 Å². The molecular formula is C21H29NO4S. The fourth-order valence-electron chi connectivity index (χ4n) is 3.52. The van der Waals surface area contributed by atoms with Crippen LogP contribution in [0.1, 0.15) is 97.7 Å². The Kier molecular flexibility index (Phi) is 7.48. The molecule has 0 bridgehead atoms. The molecule has 2 heterocycles. The second kappa shape index (κ2) is 9.40. The maximum Gasteiger partial charge on any atom is 0.229 e. The van der Waals surface area contributed by atoms with Gasteiger partial charge in [0.2, 0.25) is 11.8 Å². The fourth-order valence-corrected chi connectivity index (χ4v) is 4.80. The van der Waals surface area contributed by atoms with Crippen molar-refractivity contribution in [2.24, 2.45) is 11.8 Å². The lowest BCUT2D eigenvalue weighted by atomic mass is 9.93. The Balaban J connectivity index is 0.000000244. The Morgan fingerprint density at radius 1 is 1.15 bits per heavy atom. The highest BCUT2D eigenvalue weighted by Gasteiger charge is 2.28. The van der Waals surface area contributed by atoms with E-state index in [-0.39, 0.29) is 35.2 Å². The summed E-state index contributed by atoms with van der Waals surface area (Å²) in [6.07, 6.45) is 6.00. The summed E-state index contributed by atoms with van der Waals surface area (Å²) in [6.45, 7) is 7.18. The van der Waals surface area contributed by atoms with Gasteiger partial charge in [0.1, 0.15) is 0 Å². The average molecular weight is 392 g/mol. The zero-order valence-corrected chi connectivity index (χ0v) is 17.4. The molecule has 1 atom stereocenters. The van der Waals surface area contributed by atoms with Gasteiger partial charge in [-0.05, 0) is 32.1 Å². The minimum Gasteiger partial charge on any atom is -0.296 e. The topological polar surface area (TPSA) is 80.3 Å². The molecule has 0 radical (unpaired) electrons. The molecule has 148 valence electrons. The summed E-state index contributed by atoms with van der Waals surface area (Å²) in [7, 11) is 0. The predicted octanol–water partition coefficient (Wildman–Crippen LogP) is 4.51. The van der Waals surface area contributed by atoms with Crippen LogP contribution in [-0.4, -0.2) is 23.4 Å². The van der Waals surface area contributed by atoms with Crippen LogP contribution in [0, 0.1) is 11.8 Å². The predicted molar refractivity (Wildman–Crippen MR) is 106 cm³/mol. The third-order valence-corrected chi connectivity index (χ3v) is 6.35. The SMILES string of the molecule is CC(=O)c1c(C(=O)C(C)C)csc1C1CCCC1.CC1CCC(=O)NC1=O. The summed E-state index contributed by atoms with van der Waals surface area (Å²) in [6, 6.07) is 0. The maximum absolute atomic E-state index is 12.2. The number of amides is 2. The van der Waals surface area contributed by atoms with Crippen LogP contribution < -0.4 is 5.32 Å². The molecule has 0 spiro atoms. The number of rotatable bonds is 4. The first-order valence-electron chi connectivity index (χ1n) is 9.72. The van der Waals surface area contributed by atoms with E-state index in [1.165, 1.54) is 12.8 Å². The summed E-state index contributed by atoms with van der Waals surface area (Å²) >= 11 is 1.61. The summed E-state index contributed by atoms with van der Waals surface area (Å²) in [5.41, 5.74) is 1.37. The van der Waals surface area contributed by atoms with Gasteiger partial charge in [-0.1, -0.05) is 33.6 Å². The van der Waals surface area contributed by atoms with Crippen LogP contribution in [0.3, 0.4) is 0 Å². The van der Waals surface area contributed by atoms with Crippen molar-refractivity contribution in [2.75, 3.05) is 0 Å². The Bertz CT molecular complexity index is 729. The maximum atomic E-state index is 12.2. The number of carbonyl (C=O) groups is 4. The Hall–Kier alpha value is -1.82. The minimum absolute atomic E-state index is 0.0164. The van der Waals surface area contributed by atoms with E-state index in [0.29, 0.717) is 29.9 Å². The van der Waals surface area contributed by atoms with Crippen LogP contribution in [-0.2, 0) is 9.59 Å². The van der Waals surface area contributed by atoms with Crippen LogP contribution in [0.25, 0.3) is 0 Å². The van der Waals surface area contributed by atoms with Gasteiger partial charge in [-0.25, -0.2) is 0 Å². The highest BCUT2D eigenvalue weighted by atomic mass is 32.1. The van der Waals surface area contributed by atoms with E-state index in [0.717, 1.165) is 17.7 Å². The Morgan fingerprint density at radius 3 is 2.26 bits per heavy atom. The van der Waals surface area contributed by atoms with Crippen LogP contribution in [0.2, 0.25) is 0 Å². The average Bonchev–Trinajstić information content (AvgIpc) is 3.26. The molecule has 27 heavy (non-hydrogen) atoms. The summed E-state index contributed by atoms with van der Waals surface area (Å²) in [5.74, 6) is 0.339. The van der Waals surface area contributed by atoms with Crippen LogP contribution >= 0.6 is 11.3 Å². The highest BCUT2D eigenvalue weighted by Crippen LogP contribution is 2.40. The van der Waals surface area contributed by atoms with E-state index in [1.54, 1.807) is 18.3 Å². The summed E-state index contributed by atoms with van der Waals surface area (Å²) < 4.78 is 0. The molecule has 1 aromatic rings. The van der Waals surface area contributed by atoms with E-state index in [2.05, 4.69) is 5.32 Å². The fraction of sp³-hybridized carbons (Fsp3) is 0.619. The lowest BCUT2D eigenvalue weighted by molar-refractivity contribution is -0.135. The van der Waals surface area contributed by atoms with Gasteiger partial charge in [0.15, 0.2) is 11.6 Å². The van der Waals surface area contributed by atoms with Crippen molar-refractivity contribution >= 4 is 34.7 Å². The molecule has 2 fully saturated rings. The quantitative estimate of drug-likeness (QED) is 0.605. The number of hydrogen-bond donors (Lipinski definition) is 1. The second-order valence-electron chi connectivity index (χ2n) is 7.80. The molecule has 2 aliphatic rings. The first-order chi connectivity index (χ1) is 12.7. The van der Waals surface area contributed by atoms with Gasteiger partial charge >= 0.3 is 0 Å². The molecule has 1 unspecified atom stereocenters. The molecule has 2 amide bonds. The zero-order chi connectivity index (χ0) is 20.1. The number of imide groups is 1. The van der Waals surface area contributed by atoms with Crippen molar-refractivity contribution in [3.05, 3.63) is 21.4 Å². The van der Waals surface area contributed by atoms with Crippen LogP contribution in [0.4, 0.5) is 0 Å². The normalized spacial score (nSPS) is 20.3. The van der Waals surface area contributed by atoms with Gasteiger partial charge in [0, 0.05) is 39.6 Å². The number of piperidine rings is 1. The van der Waals surface area contributed by atoms with Crippen molar-refractivity contribution in [3.8, 4) is 0 Å². The molecular weight excluding hydrogens is 362 g/mol. The van der Waals surface area contributed by atoms with Gasteiger partial charge in [0.25, 0.3) is 0 Å². The van der Waals surface area contributed by atoms with E-state index in [9.17, 15) is 19.2 Å². The van der Waals surface area contributed by atoms with Gasteiger partial charge < -0.3 is 0 Å². The van der Waals surface area contributed by atoms with Crippen molar-refractivity contribution in [2.45, 2.75) is 72.1 Å². The molecule has 1 aliphatic heterocycles. The molecule has 1 aromatic heterocycles. The van der Waals surface area contributed by atoms with Crippen LogP contribution in [0.5, 0.6) is 0 Å². The molecule has 6 heteroatoms. The van der Waals surface area contributed by atoms with Gasteiger partial charge in [0.05, 0.1) is 0 Å². The van der Waals surface area contributed by atoms with Crippen molar-refractivity contribution in [1.29, 1.82) is 0 Å². The molecule has 3 rings (SSSR count). The lowest BCUT2D eigenvalue weighted by Crippen LogP contribution is -2.39. The number of nitrogens with one attached hydrogen (secondary N) is 1. The number of carbonyl (C=O) groups excluding carboxylic acids is 4. The largest absolute Gasteiger partial charge is 0.296 e. The van der Waals surface area contributed by atoms with E-state index >= 15 is 0 Å². The first-order valence-corrected chi connectivity index (χ1v) is 10.6. The second-order valence-corrected chi connectivity index (χ2v) is 8.71. The molecule has 1 saturated heterocycles. The van der Waals surface area contributed by atoms with Gasteiger partial charge in [-0.15, -0.1) is 11.3 Å². The Morgan fingerprint density at radius 2 is 1.78 bits per heavy atom. The molecule has 1 N–H and O–H groups in total. The standard InChI is InChI=1S/C15H20O2S.C6H9NO2/c1-9(2)14(17)12-8-18-15(13(12)10(3)16)11-6-4-5-7-11;1-4-2-3-5(8)7-6(4)9/h8-9,11H,4-7H2,1-3H3;4H,2-3H2,1H3,(H,7,8,9). The van der Waals surface area contributed by atoms with E-state index < -0.39 is 0 Å². The number of ketones is 2. The zero-order valence-electron chi connectivity index (χ0n) is 16.6. The van der Waals surface area contributed by atoms with E-state index in [1.807, 2.05) is 26.2 Å². The molecule has 1 aliphatic carbocycles. The number of Topliss-reactive ketones (excluding diaryl/α,β-unsaturated/α-hetero) is 2. The monoisotopic (exact) mass is 391 g/mol. The van der Waals surface area contributed by atoms with Crippen molar-refractivity contribution < 1.29 is 19.2 Å². The Labute approximate surface area is 164 Å². The number of hydrogen-bond acceptors (Lipinski definition) is 5. The summed E-state index contributed by atoms with van der Waals surface area (Å²) in [5, 5.41) is 4.15. The third-order valence-electron chi connectivity index (χ3n) is 5.20. The molecule has 1 saturated carbocycles. The van der Waals surface area contributed by atoms with Crippen LogP contribution in [0.15, 0.2) is 5.38 Å².